The topological polar surface area (TPSA) is 41.6 Å². The molecule has 0 aliphatic rings. The molecule has 1 aromatic carbocycles. The molecule has 0 saturated heterocycles. The van der Waals surface area contributed by atoms with Crippen LogP contribution >= 0.6 is 22.9 Å². The molecule has 108 valence electrons. The minimum Gasteiger partial charge on any atom is -0.260 e. The highest BCUT2D eigenvalue weighted by molar-refractivity contribution is 7.08. The van der Waals surface area contributed by atoms with Gasteiger partial charge in [0.15, 0.2) is 5.65 Å². The number of H-pyrrole nitrogens is 1. The van der Waals surface area contributed by atoms with Crippen LogP contribution in [0, 0.1) is 5.82 Å². The molecule has 0 aliphatic heterocycles. The number of hydrogen-bond donors (Lipinski definition) is 1. The van der Waals surface area contributed by atoms with Crippen LogP contribution in [0.5, 0.6) is 0 Å². The van der Waals surface area contributed by atoms with Gasteiger partial charge in [-0.05, 0) is 40.1 Å². The summed E-state index contributed by atoms with van der Waals surface area (Å²) >= 11 is 7.73. The van der Waals surface area contributed by atoms with Crippen LogP contribution in [0.4, 0.5) is 4.39 Å². The fourth-order valence-corrected chi connectivity index (χ4v) is 3.36. The van der Waals surface area contributed by atoms with Crippen molar-refractivity contribution >= 4 is 34.0 Å². The highest BCUT2D eigenvalue weighted by atomic mass is 35.5. The number of pyridine rings is 1. The van der Waals surface area contributed by atoms with Crippen molar-refractivity contribution in [2.24, 2.45) is 0 Å². The van der Waals surface area contributed by atoms with E-state index >= 15 is 0 Å². The van der Waals surface area contributed by atoms with Gasteiger partial charge in [0.1, 0.15) is 11.5 Å². The molecule has 3 aromatic heterocycles. The fourth-order valence-electron chi connectivity index (χ4n) is 2.49. The molecule has 0 radical (unpaired) electrons. The van der Waals surface area contributed by atoms with E-state index in [4.69, 9.17) is 11.6 Å². The second-order valence-corrected chi connectivity index (χ2v) is 5.93. The minimum absolute atomic E-state index is 0.0658. The molecule has 0 atom stereocenters. The lowest BCUT2D eigenvalue weighted by Gasteiger charge is -2.05. The molecule has 4 aromatic rings. The Morgan fingerprint density at radius 2 is 2.05 bits per heavy atom. The summed E-state index contributed by atoms with van der Waals surface area (Å²) in [6, 6.07) is 8.67. The Labute approximate surface area is 134 Å². The number of aromatic nitrogens is 3. The molecule has 0 saturated carbocycles. The molecule has 0 spiro atoms. The third-order valence-electron chi connectivity index (χ3n) is 3.50. The van der Waals surface area contributed by atoms with E-state index in [2.05, 4.69) is 20.6 Å². The van der Waals surface area contributed by atoms with E-state index in [1.807, 2.05) is 17.5 Å². The lowest BCUT2D eigenvalue weighted by molar-refractivity contribution is 0.628. The summed E-state index contributed by atoms with van der Waals surface area (Å²) in [5.74, 6) is -0.462. The number of hydrogen-bond acceptors (Lipinski definition) is 3. The molecular formula is C16H9ClFN3S. The lowest BCUT2D eigenvalue weighted by atomic mass is 10.0. The molecule has 6 heteroatoms. The number of halogens is 2. The van der Waals surface area contributed by atoms with Gasteiger partial charge >= 0.3 is 0 Å². The van der Waals surface area contributed by atoms with Gasteiger partial charge in [0, 0.05) is 11.8 Å². The second-order valence-electron chi connectivity index (χ2n) is 4.77. The van der Waals surface area contributed by atoms with E-state index in [0.717, 1.165) is 16.5 Å². The van der Waals surface area contributed by atoms with Crippen LogP contribution in [-0.2, 0) is 0 Å². The molecule has 3 nitrogen and oxygen atoms in total. The van der Waals surface area contributed by atoms with Crippen molar-refractivity contribution in [3.8, 4) is 22.4 Å². The molecule has 0 fully saturated rings. The fraction of sp³-hybridized carbons (Fsp3) is 0. The van der Waals surface area contributed by atoms with Gasteiger partial charge < -0.3 is 0 Å². The Morgan fingerprint density at radius 1 is 1.14 bits per heavy atom. The van der Waals surface area contributed by atoms with Crippen LogP contribution in [-0.4, -0.2) is 15.2 Å². The van der Waals surface area contributed by atoms with Crippen molar-refractivity contribution in [1.29, 1.82) is 0 Å². The van der Waals surface area contributed by atoms with E-state index in [1.54, 1.807) is 29.7 Å². The summed E-state index contributed by atoms with van der Waals surface area (Å²) in [6.45, 7) is 0. The maximum Gasteiger partial charge on any atom is 0.156 e. The number of benzene rings is 1. The number of fused-ring (bicyclic) bond motifs is 1. The highest BCUT2D eigenvalue weighted by Gasteiger charge is 2.18. The zero-order valence-corrected chi connectivity index (χ0v) is 12.7. The molecule has 0 aliphatic carbocycles. The van der Waals surface area contributed by atoms with Crippen LogP contribution in [0.25, 0.3) is 33.4 Å². The third kappa shape index (κ3) is 2.01. The molecule has 1 N–H and O–H groups in total. The molecular weight excluding hydrogens is 321 g/mol. The van der Waals surface area contributed by atoms with Crippen molar-refractivity contribution in [2.45, 2.75) is 0 Å². The van der Waals surface area contributed by atoms with Gasteiger partial charge in [-0.3, -0.25) is 5.10 Å². The van der Waals surface area contributed by atoms with Gasteiger partial charge in [-0.25, -0.2) is 9.37 Å². The Hall–Kier alpha value is -2.24. The lowest BCUT2D eigenvalue weighted by Crippen LogP contribution is -1.86. The van der Waals surface area contributed by atoms with Crippen molar-refractivity contribution < 1.29 is 4.39 Å². The van der Waals surface area contributed by atoms with Crippen LogP contribution in [0.3, 0.4) is 0 Å². The first-order chi connectivity index (χ1) is 10.8. The van der Waals surface area contributed by atoms with Crippen LogP contribution in [0.2, 0.25) is 5.02 Å². The standard InChI is InChI=1S/C16H9ClFN3S/c17-14-11(2-1-3-12(14)18)15-13-10(9-5-7-22-8-9)4-6-19-16(13)21-20-15/h1-8H,(H,19,20,21). The summed E-state index contributed by atoms with van der Waals surface area (Å²) in [5, 5.41) is 12.2. The summed E-state index contributed by atoms with van der Waals surface area (Å²) in [5.41, 5.74) is 3.88. The van der Waals surface area contributed by atoms with Crippen molar-refractivity contribution in [3.63, 3.8) is 0 Å². The minimum atomic E-state index is -0.462. The Bertz CT molecular complexity index is 963. The average molecular weight is 330 g/mol. The molecule has 0 unspecified atom stereocenters. The zero-order chi connectivity index (χ0) is 15.1. The maximum atomic E-state index is 13.8. The number of nitrogens with one attached hydrogen (secondary N) is 1. The quantitative estimate of drug-likeness (QED) is 0.553. The number of nitrogens with zero attached hydrogens (tertiary/aromatic N) is 2. The van der Waals surface area contributed by atoms with E-state index in [1.165, 1.54) is 6.07 Å². The van der Waals surface area contributed by atoms with Crippen molar-refractivity contribution in [1.82, 2.24) is 15.2 Å². The van der Waals surface area contributed by atoms with Crippen LogP contribution in [0.1, 0.15) is 0 Å². The van der Waals surface area contributed by atoms with Gasteiger partial charge in [-0.2, -0.15) is 16.4 Å². The first-order valence-corrected chi connectivity index (χ1v) is 7.88. The number of rotatable bonds is 2. The Balaban J connectivity index is 2.06. The zero-order valence-electron chi connectivity index (χ0n) is 11.2. The molecule has 0 amide bonds. The average Bonchev–Trinajstić information content (AvgIpc) is 3.19. The van der Waals surface area contributed by atoms with Gasteiger partial charge in [0.25, 0.3) is 0 Å². The third-order valence-corrected chi connectivity index (χ3v) is 4.57. The van der Waals surface area contributed by atoms with Gasteiger partial charge in [0.05, 0.1) is 10.4 Å². The molecule has 3 heterocycles. The number of thiophene rings is 1. The van der Waals surface area contributed by atoms with Gasteiger partial charge in [-0.1, -0.05) is 23.7 Å². The number of aromatic amines is 1. The molecule has 4 rings (SSSR count). The second kappa shape index (κ2) is 5.19. The smallest absolute Gasteiger partial charge is 0.156 e. The van der Waals surface area contributed by atoms with Gasteiger partial charge in [-0.15, -0.1) is 0 Å². The summed E-state index contributed by atoms with van der Waals surface area (Å²) < 4.78 is 13.8. The largest absolute Gasteiger partial charge is 0.260 e. The molecule has 0 bridgehead atoms. The van der Waals surface area contributed by atoms with Crippen LogP contribution in [0.15, 0.2) is 47.3 Å². The van der Waals surface area contributed by atoms with E-state index in [9.17, 15) is 4.39 Å². The van der Waals surface area contributed by atoms with E-state index in [0.29, 0.717) is 16.9 Å². The monoisotopic (exact) mass is 329 g/mol. The Morgan fingerprint density at radius 3 is 2.86 bits per heavy atom. The SMILES string of the molecule is Fc1cccc(-c2n[nH]c3nccc(-c4ccsc4)c23)c1Cl. The molecule has 22 heavy (non-hydrogen) atoms. The maximum absolute atomic E-state index is 13.8. The first-order valence-electron chi connectivity index (χ1n) is 6.56. The van der Waals surface area contributed by atoms with E-state index in [-0.39, 0.29) is 5.02 Å². The van der Waals surface area contributed by atoms with Gasteiger partial charge in [0.2, 0.25) is 0 Å². The van der Waals surface area contributed by atoms with Crippen LogP contribution < -0.4 is 0 Å². The summed E-state index contributed by atoms with van der Waals surface area (Å²) in [4.78, 5) is 4.30. The van der Waals surface area contributed by atoms with Crippen molar-refractivity contribution in [2.75, 3.05) is 0 Å². The van der Waals surface area contributed by atoms with Crippen molar-refractivity contribution in [3.05, 3.63) is 58.1 Å². The normalized spacial score (nSPS) is 11.2. The van der Waals surface area contributed by atoms with E-state index < -0.39 is 5.82 Å². The predicted molar refractivity (Wildman–Crippen MR) is 87.6 cm³/mol. The predicted octanol–water partition coefficient (Wildman–Crippen LogP) is 5.15. The summed E-state index contributed by atoms with van der Waals surface area (Å²) in [6.07, 6.45) is 1.73. The Kier molecular flexibility index (Phi) is 3.17. The highest BCUT2D eigenvalue weighted by Crippen LogP contribution is 2.37. The first kappa shape index (κ1) is 13.4. The summed E-state index contributed by atoms with van der Waals surface area (Å²) in [7, 11) is 0.